The fourth-order valence-corrected chi connectivity index (χ4v) is 1.85. The summed E-state index contributed by atoms with van der Waals surface area (Å²) in [7, 11) is 1.32. The van der Waals surface area contributed by atoms with E-state index < -0.39 is 29.1 Å². The SMILES string of the molecule is COc1ccc(F)cc1C(O)c1c(F)cccc1F. The average Bonchev–Trinajstić information content (AvgIpc) is 2.38. The Bertz CT molecular complexity index is 579. The Morgan fingerprint density at radius 3 is 2.26 bits per heavy atom. The minimum absolute atomic E-state index is 0.0356. The van der Waals surface area contributed by atoms with Gasteiger partial charge in [-0.25, -0.2) is 13.2 Å². The molecule has 100 valence electrons. The Balaban J connectivity index is 2.55. The first-order valence-corrected chi connectivity index (χ1v) is 5.50. The third kappa shape index (κ3) is 2.56. The molecule has 0 saturated heterocycles. The Morgan fingerprint density at radius 1 is 1.05 bits per heavy atom. The Kier molecular flexibility index (Phi) is 3.76. The van der Waals surface area contributed by atoms with Crippen LogP contribution in [0.25, 0.3) is 0 Å². The van der Waals surface area contributed by atoms with Crippen molar-refractivity contribution >= 4 is 0 Å². The summed E-state index contributed by atoms with van der Waals surface area (Å²) >= 11 is 0. The van der Waals surface area contributed by atoms with Gasteiger partial charge in [-0.3, -0.25) is 0 Å². The lowest BCUT2D eigenvalue weighted by molar-refractivity contribution is 0.203. The minimum Gasteiger partial charge on any atom is -0.496 e. The van der Waals surface area contributed by atoms with Crippen LogP contribution < -0.4 is 4.74 Å². The summed E-state index contributed by atoms with van der Waals surface area (Å²) in [6.45, 7) is 0. The van der Waals surface area contributed by atoms with Crippen molar-refractivity contribution in [2.75, 3.05) is 7.11 Å². The van der Waals surface area contributed by atoms with Crippen LogP contribution in [0.5, 0.6) is 5.75 Å². The number of hydrogen-bond acceptors (Lipinski definition) is 2. The molecule has 0 aromatic heterocycles. The maximum atomic E-state index is 13.6. The summed E-state index contributed by atoms with van der Waals surface area (Å²) in [5.41, 5.74) is -0.571. The van der Waals surface area contributed by atoms with Gasteiger partial charge in [0.1, 0.15) is 29.3 Å². The molecule has 19 heavy (non-hydrogen) atoms. The van der Waals surface area contributed by atoms with Crippen LogP contribution in [0.4, 0.5) is 13.2 Å². The van der Waals surface area contributed by atoms with Crippen molar-refractivity contribution in [3.05, 3.63) is 65.0 Å². The van der Waals surface area contributed by atoms with Gasteiger partial charge in [0.05, 0.1) is 12.7 Å². The summed E-state index contributed by atoms with van der Waals surface area (Å²) in [4.78, 5) is 0. The van der Waals surface area contributed by atoms with Gasteiger partial charge < -0.3 is 9.84 Å². The normalized spacial score (nSPS) is 12.3. The van der Waals surface area contributed by atoms with E-state index in [0.29, 0.717) is 0 Å². The minimum atomic E-state index is -1.65. The lowest BCUT2D eigenvalue weighted by Crippen LogP contribution is -2.07. The van der Waals surface area contributed by atoms with E-state index in [2.05, 4.69) is 0 Å². The molecule has 0 bridgehead atoms. The van der Waals surface area contributed by atoms with E-state index in [-0.39, 0.29) is 11.3 Å². The highest BCUT2D eigenvalue weighted by Gasteiger charge is 2.22. The molecule has 0 aliphatic heterocycles. The number of rotatable bonds is 3. The summed E-state index contributed by atoms with van der Waals surface area (Å²) in [5.74, 6) is -2.29. The Labute approximate surface area is 108 Å². The molecule has 0 amide bonds. The van der Waals surface area contributed by atoms with Gasteiger partial charge in [0, 0.05) is 5.56 Å². The Hall–Kier alpha value is -2.01. The number of methoxy groups -OCH3 is 1. The van der Waals surface area contributed by atoms with E-state index in [1.807, 2.05) is 0 Å². The standard InChI is InChI=1S/C14H11F3O2/c1-19-12-6-5-8(15)7-9(12)14(18)13-10(16)3-2-4-11(13)17/h2-7,14,18H,1H3. The highest BCUT2D eigenvalue weighted by molar-refractivity contribution is 5.41. The molecule has 0 saturated carbocycles. The second kappa shape index (κ2) is 5.32. The number of hydrogen-bond donors (Lipinski definition) is 1. The first-order valence-electron chi connectivity index (χ1n) is 5.50. The zero-order valence-electron chi connectivity index (χ0n) is 10.0. The van der Waals surface area contributed by atoms with Crippen LogP contribution >= 0.6 is 0 Å². The fourth-order valence-electron chi connectivity index (χ4n) is 1.85. The highest BCUT2D eigenvalue weighted by atomic mass is 19.1. The molecule has 1 atom stereocenters. The van der Waals surface area contributed by atoms with Crippen LogP contribution in [0.2, 0.25) is 0 Å². The second-order valence-corrected chi connectivity index (χ2v) is 3.92. The quantitative estimate of drug-likeness (QED) is 0.926. The summed E-state index contributed by atoms with van der Waals surface area (Å²) < 4.78 is 45.3. The van der Waals surface area contributed by atoms with Gasteiger partial charge in [0.2, 0.25) is 0 Å². The molecule has 5 heteroatoms. The second-order valence-electron chi connectivity index (χ2n) is 3.92. The summed E-state index contributed by atoms with van der Waals surface area (Å²) in [6, 6.07) is 6.62. The van der Waals surface area contributed by atoms with Crippen molar-refractivity contribution in [1.29, 1.82) is 0 Å². The van der Waals surface area contributed by atoms with Crippen LogP contribution in [0, 0.1) is 17.5 Å². The molecule has 2 nitrogen and oxygen atoms in total. The number of ether oxygens (including phenoxy) is 1. The number of halogens is 3. The molecule has 2 aromatic carbocycles. The average molecular weight is 268 g/mol. The van der Waals surface area contributed by atoms with Gasteiger partial charge in [0.15, 0.2) is 0 Å². The number of aliphatic hydroxyl groups excluding tert-OH is 1. The molecule has 2 rings (SSSR count). The van der Waals surface area contributed by atoms with Crippen LogP contribution in [-0.2, 0) is 0 Å². The van der Waals surface area contributed by atoms with E-state index in [0.717, 1.165) is 24.3 Å². The van der Waals surface area contributed by atoms with E-state index in [1.165, 1.54) is 19.2 Å². The van der Waals surface area contributed by atoms with E-state index >= 15 is 0 Å². The van der Waals surface area contributed by atoms with Crippen molar-refractivity contribution < 1.29 is 23.0 Å². The van der Waals surface area contributed by atoms with Crippen molar-refractivity contribution in [3.63, 3.8) is 0 Å². The van der Waals surface area contributed by atoms with Gasteiger partial charge >= 0.3 is 0 Å². The third-order valence-corrected chi connectivity index (χ3v) is 2.76. The molecule has 0 radical (unpaired) electrons. The molecule has 0 aliphatic rings. The number of benzene rings is 2. The van der Waals surface area contributed by atoms with Crippen LogP contribution in [0.1, 0.15) is 17.2 Å². The third-order valence-electron chi connectivity index (χ3n) is 2.76. The van der Waals surface area contributed by atoms with Crippen molar-refractivity contribution in [1.82, 2.24) is 0 Å². The van der Waals surface area contributed by atoms with Gasteiger partial charge in [0.25, 0.3) is 0 Å². The molecule has 0 aliphatic carbocycles. The predicted octanol–water partition coefficient (Wildman–Crippen LogP) is 3.19. The first-order chi connectivity index (χ1) is 9.04. The zero-order valence-corrected chi connectivity index (χ0v) is 10.0. The molecular weight excluding hydrogens is 257 g/mol. The van der Waals surface area contributed by atoms with Crippen molar-refractivity contribution in [2.24, 2.45) is 0 Å². The number of aliphatic hydroxyl groups is 1. The molecular formula is C14H11F3O2. The maximum Gasteiger partial charge on any atom is 0.132 e. The van der Waals surface area contributed by atoms with E-state index in [9.17, 15) is 18.3 Å². The predicted molar refractivity (Wildman–Crippen MR) is 63.4 cm³/mol. The topological polar surface area (TPSA) is 29.5 Å². The first kappa shape index (κ1) is 13.4. The monoisotopic (exact) mass is 268 g/mol. The molecule has 0 spiro atoms. The van der Waals surface area contributed by atoms with Crippen molar-refractivity contribution in [2.45, 2.75) is 6.10 Å². The van der Waals surface area contributed by atoms with Crippen LogP contribution in [0.15, 0.2) is 36.4 Å². The van der Waals surface area contributed by atoms with Crippen molar-refractivity contribution in [3.8, 4) is 5.75 Å². The van der Waals surface area contributed by atoms with Gasteiger partial charge in [-0.2, -0.15) is 0 Å². The van der Waals surface area contributed by atoms with Gasteiger partial charge in [-0.05, 0) is 30.3 Å². The molecule has 1 N–H and O–H groups in total. The van der Waals surface area contributed by atoms with Crippen LogP contribution in [-0.4, -0.2) is 12.2 Å². The van der Waals surface area contributed by atoms with E-state index in [1.54, 1.807) is 0 Å². The molecule has 1 unspecified atom stereocenters. The lowest BCUT2D eigenvalue weighted by atomic mass is 9.99. The van der Waals surface area contributed by atoms with Gasteiger partial charge in [-0.15, -0.1) is 0 Å². The van der Waals surface area contributed by atoms with Crippen LogP contribution in [0.3, 0.4) is 0 Å². The molecule has 0 fully saturated rings. The summed E-state index contributed by atoms with van der Waals surface area (Å²) in [5, 5.41) is 10.1. The lowest BCUT2D eigenvalue weighted by Gasteiger charge is -2.16. The zero-order chi connectivity index (χ0) is 14.0. The van der Waals surface area contributed by atoms with E-state index in [4.69, 9.17) is 4.74 Å². The molecule has 0 heterocycles. The maximum absolute atomic E-state index is 13.6. The fraction of sp³-hybridized carbons (Fsp3) is 0.143. The Morgan fingerprint density at radius 2 is 1.68 bits per heavy atom. The largest absolute Gasteiger partial charge is 0.496 e. The smallest absolute Gasteiger partial charge is 0.132 e. The van der Waals surface area contributed by atoms with Gasteiger partial charge in [-0.1, -0.05) is 6.07 Å². The summed E-state index contributed by atoms with van der Waals surface area (Å²) in [6.07, 6.45) is -1.65. The highest BCUT2D eigenvalue weighted by Crippen LogP contribution is 2.33. The molecule has 2 aromatic rings.